The number of para-hydroxylation sites is 2. The van der Waals surface area contributed by atoms with Crippen LogP contribution in [-0.2, 0) is 31.0 Å². The number of hydrogen-bond acceptors (Lipinski definition) is 14. The van der Waals surface area contributed by atoms with Crippen LogP contribution >= 0.6 is 23.5 Å². The minimum absolute atomic E-state index is 0. The van der Waals surface area contributed by atoms with E-state index in [4.69, 9.17) is 47.5 Å². The van der Waals surface area contributed by atoms with E-state index in [0.717, 1.165) is 33.9 Å². The molecular formula is C27H24Cl2N4O8S2Zn+2. The molecule has 0 atom stereocenters. The smallest absolute Gasteiger partial charge is 0.256 e. The number of aromatic nitrogens is 3. The number of pyridine rings is 3. The SMILES string of the molecule is CC#N.[O-][Cl+3]([O-])([O-])O.[O-][Cl+3]([O-])([O-])O.[Zn+2].c1cc(CSc2cccc3cccnc23)nc(CSc2cccc3cccnc23)c1. The fourth-order valence-electron chi connectivity index (χ4n) is 3.38. The molecule has 5 rings (SSSR count). The molecule has 2 aromatic carbocycles. The van der Waals surface area contributed by atoms with Crippen LogP contribution in [0.4, 0.5) is 0 Å². The first-order chi connectivity index (χ1) is 20.3. The van der Waals surface area contributed by atoms with Crippen LogP contribution in [-0.4, -0.2) is 24.3 Å². The normalized spacial score (nSPS) is 10.5. The first-order valence-corrected chi connectivity index (χ1v) is 16.2. The minimum atomic E-state index is -4.69. The monoisotopic (exact) mass is 730 g/mol. The third-order valence-corrected chi connectivity index (χ3v) is 6.97. The molecule has 0 aliphatic carbocycles. The fraction of sp³-hybridized carbons (Fsp3) is 0.111. The Bertz CT molecular complexity index is 1510. The van der Waals surface area contributed by atoms with Gasteiger partial charge in [-0.3, -0.25) is 15.0 Å². The van der Waals surface area contributed by atoms with Crippen LogP contribution in [0.5, 0.6) is 0 Å². The minimum Gasteiger partial charge on any atom is -0.256 e. The maximum Gasteiger partial charge on any atom is 2.00 e. The van der Waals surface area contributed by atoms with Gasteiger partial charge in [0.05, 0.1) is 58.3 Å². The first-order valence-electron chi connectivity index (χ1n) is 11.7. The number of halogens is 2. The zero-order valence-electron chi connectivity index (χ0n) is 23.0. The van der Waals surface area contributed by atoms with Crippen LogP contribution in [0.2, 0.25) is 0 Å². The largest absolute Gasteiger partial charge is 2.00 e. The summed E-state index contributed by atoms with van der Waals surface area (Å²) in [5.74, 6) is 1.65. The Hall–Kier alpha value is -2.52. The fourth-order valence-corrected chi connectivity index (χ4v) is 5.27. The van der Waals surface area contributed by atoms with E-state index in [2.05, 4.69) is 76.7 Å². The second kappa shape index (κ2) is 19.8. The van der Waals surface area contributed by atoms with Gasteiger partial charge in [-0.25, -0.2) is 0 Å². The third-order valence-electron chi connectivity index (χ3n) is 4.81. The molecule has 226 valence electrons. The summed E-state index contributed by atoms with van der Waals surface area (Å²) in [6, 6.07) is 28.8. The average Bonchev–Trinajstić information content (AvgIpc) is 2.94. The van der Waals surface area contributed by atoms with Crippen LogP contribution in [0.25, 0.3) is 21.8 Å². The number of rotatable bonds is 6. The predicted octanol–water partition coefficient (Wildman–Crippen LogP) is -0.958. The van der Waals surface area contributed by atoms with E-state index >= 15 is 0 Å². The molecular weight excluding hydrogens is 709 g/mol. The summed E-state index contributed by atoms with van der Waals surface area (Å²) < 4.78 is 65.4. The van der Waals surface area contributed by atoms with Crippen molar-refractivity contribution in [3.8, 4) is 6.07 Å². The molecule has 0 fully saturated rings. The van der Waals surface area contributed by atoms with Crippen LogP contribution in [0.15, 0.2) is 101 Å². The van der Waals surface area contributed by atoms with Crippen molar-refractivity contribution in [2.45, 2.75) is 28.2 Å². The van der Waals surface area contributed by atoms with Crippen LogP contribution in [0.1, 0.15) is 18.3 Å². The van der Waals surface area contributed by atoms with E-state index in [-0.39, 0.29) is 19.5 Å². The summed E-state index contributed by atoms with van der Waals surface area (Å²) in [5.41, 5.74) is 4.28. The van der Waals surface area contributed by atoms with Crippen LogP contribution in [0.3, 0.4) is 0 Å². The van der Waals surface area contributed by atoms with Crippen molar-refractivity contribution in [3.05, 3.63) is 103 Å². The van der Waals surface area contributed by atoms with E-state index in [1.54, 1.807) is 29.6 Å². The summed E-state index contributed by atoms with van der Waals surface area (Å²) in [6.07, 6.45) is 3.70. The Morgan fingerprint density at radius 2 is 0.977 bits per heavy atom. The van der Waals surface area contributed by atoms with Gasteiger partial charge in [0.2, 0.25) is 0 Å². The Morgan fingerprint density at radius 1 is 0.659 bits per heavy atom. The van der Waals surface area contributed by atoms with E-state index < -0.39 is 20.5 Å². The summed E-state index contributed by atoms with van der Waals surface area (Å²) in [6.45, 7) is 1.43. The van der Waals surface area contributed by atoms with Crippen molar-refractivity contribution >= 4 is 45.3 Å². The van der Waals surface area contributed by atoms with Gasteiger partial charge in [-0.05, 0) is 36.4 Å². The van der Waals surface area contributed by atoms with Gasteiger partial charge in [0.1, 0.15) is 0 Å². The molecule has 0 saturated carbocycles. The molecule has 5 aromatic rings. The molecule has 3 aromatic heterocycles. The first kappa shape index (κ1) is 39.5. The van der Waals surface area contributed by atoms with Crippen molar-refractivity contribution in [1.29, 1.82) is 5.26 Å². The predicted molar refractivity (Wildman–Crippen MR) is 143 cm³/mol. The van der Waals surface area contributed by atoms with Gasteiger partial charge in [-0.15, -0.1) is 23.5 Å². The van der Waals surface area contributed by atoms with E-state index in [1.165, 1.54) is 27.5 Å². The Morgan fingerprint density at radius 3 is 1.34 bits per heavy atom. The van der Waals surface area contributed by atoms with Crippen molar-refractivity contribution in [3.63, 3.8) is 0 Å². The van der Waals surface area contributed by atoms with Crippen molar-refractivity contribution in [1.82, 2.24) is 15.0 Å². The molecule has 0 amide bonds. The number of nitriles is 1. The quantitative estimate of drug-likeness (QED) is 0.158. The van der Waals surface area contributed by atoms with Crippen molar-refractivity contribution in [2.75, 3.05) is 0 Å². The molecule has 44 heavy (non-hydrogen) atoms. The molecule has 2 N–H and O–H groups in total. The van der Waals surface area contributed by atoms with Crippen LogP contribution < -0.4 is 28.0 Å². The molecule has 17 heteroatoms. The third kappa shape index (κ3) is 16.5. The molecule has 0 unspecified atom stereocenters. The van der Waals surface area contributed by atoms with Gasteiger partial charge in [0.15, 0.2) is 0 Å². The molecule has 0 bridgehead atoms. The van der Waals surface area contributed by atoms with Gasteiger partial charge < -0.3 is 0 Å². The van der Waals surface area contributed by atoms with E-state index in [1.807, 2.05) is 24.5 Å². The van der Waals surface area contributed by atoms with Gasteiger partial charge >= 0.3 is 19.5 Å². The van der Waals surface area contributed by atoms with Gasteiger partial charge in [0.25, 0.3) is 0 Å². The number of benzene rings is 2. The van der Waals surface area contributed by atoms with Crippen LogP contribution in [0, 0.1) is 31.8 Å². The average molecular weight is 733 g/mol. The molecule has 0 spiro atoms. The van der Waals surface area contributed by atoms with E-state index in [9.17, 15) is 0 Å². The maximum atomic E-state index is 8.60. The topological polar surface area (TPSA) is 241 Å². The number of hydrogen-bond donors (Lipinski definition) is 2. The standard InChI is InChI=1S/C25H19N3S2.C2H3N.2ClHO4.Zn/c1-6-18-8-4-14-26-24(18)22(12-1)29-16-20-10-3-11-21(28-20)17-30-23-13-2-7-19-9-5-15-27-25(19)23;1-2-3;2*2-1(3,4)5;/h1-15H,16-17H2;1H3;2*(H,2,3,4,5);/q;;;;+2. The zero-order chi connectivity index (χ0) is 31.9. The number of nitrogens with zero attached hydrogens (tertiary/aromatic N) is 4. The summed E-state index contributed by atoms with van der Waals surface area (Å²) in [7, 11) is -9.39. The van der Waals surface area contributed by atoms with Crippen molar-refractivity contribution < 1.29 is 77.2 Å². The second-order valence-corrected chi connectivity index (χ2v) is 11.5. The Balaban J connectivity index is 0.000000590. The van der Waals surface area contributed by atoms with Gasteiger partial charge in [-0.1, -0.05) is 42.5 Å². The molecule has 0 radical (unpaired) electrons. The summed E-state index contributed by atoms with van der Waals surface area (Å²) in [4.78, 5) is 16.4. The van der Waals surface area contributed by atoms with Gasteiger partial charge in [0, 0.05) is 51.4 Å². The zero-order valence-corrected chi connectivity index (χ0v) is 29.1. The van der Waals surface area contributed by atoms with E-state index in [0.29, 0.717) is 0 Å². The number of fused-ring (bicyclic) bond motifs is 2. The molecule has 0 aliphatic rings. The number of thioether (sulfide) groups is 2. The maximum absolute atomic E-state index is 8.60. The molecule has 3 heterocycles. The Kier molecular flexibility index (Phi) is 17.8. The summed E-state index contributed by atoms with van der Waals surface area (Å²) in [5, 5.41) is 9.66. The second-order valence-electron chi connectivity index (χ2n) is 7.88. The molecule has 0 aliphatic heterocycles. The molecule has 0 saturated heterocycles. The summed E-state index contributed by atoms with van der Waals surface area (Å²) >= 11 is 3.57. The Labute approximate surface area is 278 Å². The van der Waals surface area contributed by atoms with Crippen molar-refractivity contribution in [2.24, 2.45) is 0 Å². The molecule has 12 nitrogen and oxygen atoms in total. The van der Waals surface area contributed by atoms with Gasteiger partial charge in [-0.2, -0.15) is 33.2 Å².